The Hall–Kier alpha value is -0.440. The number of rotatable bonds is 0. The van der Waals surface area contributed by atoms with Gasteiger partial charge in [0.15, 0.2) is 0 Å². The summed E-state index contributed by atoms with van der Waals surface area (Å²) in [6.07, 6.45) is 13.3. The zero-order valence-electron chi connectivity index (χ0n) is 6.32. The summed E-state index contributed by atoms with van der Waals surface area (Å²) in [7, 11) is 0. The Kier molecular flexibility index (Phi) is 1.27. The van der Waals surface area contributed by atoms with Crippen molar-refractivity contribution in [3.05, 3.63) is 5.92 Å². The third kappa shape index (κ3) is 0.770. The quantitative estimate of drug-likeness (QED) is 0.445. The van der Waals surface area contributed by atoms with E-state index in [1.165, 1.54) is 38.5 Å². The van der Waals surface area contributed by atoms with Gasteiger partial charge in [0.1, 0.15) is 0 Å². The van der Waals surface area contributed by atoms with Crippen LogP contribution in [0.2, 0.25) is 0 Å². The third-order valence-electron chi connectivity index (χ3n) is 3.18. The highest BCUT2D eigenvalue weighted by atomic mass is 14.4. The maximum atomic E-state index is 5.51. The first-order chi connectivity index (χ1) is 4.85. The highest BCUT2D eigenvalue weighted by Crippen LogP contribution is 2.50. The van der Waals surface area contributed by atoms with Crippen LogP contribution >= 0.6 is 0 Å². The maximum Gasteiger partial charge on any atom is 0.0312 e. The Morgan fingerprint density at radius 3 is 1.90 bits per heavy atom. The van der Waals surface area contributed by atoms with Gasteiger partial charge >= 0.3 is 0 Å². The topological polar surface area (TPSA) is 0 Å². The molecule has 3 rings (SSSR count). The lowest BCUT2D eigenvalue weighted by molar-refractivity contribution is 0.205. The van der Waals surface area contributed by atoms with E-state index in [2.05, 4.69) is 5.92 Å². The smallest absolute Gasteiger partial charge is 0.0312 e. The molecule has 1 radical (unpaired) electrons. The van der Waals surface area contributed by atoms with Crippen molar-refractivity contribution in [1.82, 2.24) is 0 Å². The van der Waals surface area contributed by atoms with Gasteiger partial charge in [-0.1, -0.05) is 5.92 Å². The highest BCUT2D eigenvalue weighted by molar-refractivity contribution is 5.16. The SMILES string of the molecule is C#CC12CC[C](CC1)CC2. The van der Waals surface area contributed by atoms with Gasteiger partial charge in [-0.15, -0.1) is 6.42 Å². The largest absolute Gasteiger partial charge is 0.120 e. The van der Waals surface area contributed by atoms with Gasteiger partial charge in [-0.25, -0.2) is 0 Å². The number of fused-ring (bicyclic) bond motifs is 3. The van der Waals surface area contributed by atoms with Crippen LogP contribution in [0, 0.1) is 23.7 Å². The molecule has 0 N–H and O–H groups in total. The number of terminal acetylenes is 1. The summed E-state index contributed by atoms with van der Waals surface area (Å²) in [6, 6.07) is 0. The summed E-state index contributed by atoms with van der Waals surface area (Å²) in [6.45, 7) is 0. The fraction of sp³-hybridized carbons (Fsp3) is 0.700. The van der Waals surface area contributed by atoms with Crippen molar-refractivity contribution in [1.29, 1.82) is 0 Å². The lowest BCUT2D eigenvalue weighted by Gasteiger charge is -2.42. The van der Waals surface area contributed by atoms with E-state index in [1.807, 2.05) is 0 Å². The summed E-state index contributed by atoms with van der Waals surface area (Å²) in [4.78, 5) is 0. The normalized spacial score (nSPS) is 29.9. The molecule has 10 heavy (non-hydrogen) atoms. The van der Waals surface area contributed by atoms with Crippen LogP contribution in [0.4, 0.5) is 0 Å². The Morgan fingerprint density at radius 2 is 1.60 bits per heavy atom. The summed E-state index contributed by atoms with van der Waals surface area (Å²) in [5.41, 5.74) is 0.335. The second kappa shape index (κ2) is 2.02. The summed E-state index contributed by atoms with van der Waals surface area (Å²) >= 11 is 0. The minimum Gasteiger partial charge on any atom is -0.120 e. The predicted octanol–water partition coefficient (Wildman–Crippen LogP) is 2.55. The van der Waals surface area contributed by atoms with Crippen molar-refractivity contribution in [2.75, 3.05) is 0 Å². The number of hydrogen-bond donors (Lipinski definition) is 0. The zero-order chi connectivity index (χ0) is 7.03. The highest BCUT2D eigenvalue weighted by Gasteiger charge is 2.38. The first-order valence-corrected chi connectivity index (χ1v) is 4.16. The van der Waals surface area contributed by atoms with Gasteiger partial charge in [-0.05, 0) is 44.4 Å². The molecule has 0 heteroatoms. The minimum absolute atomic E-state index is 0.335. The lowest BCUT2D eigenvalue weighted by Crippen LogP contribution is -2.31. The fourth-order valence-corrected chi connectivity index (χ4v) is 2.21. The molecule has 3 saturated carbocycles. The van der Waals surface area contributed by atoms with Crippen molar-refractivity contribution in [3.63, 3.8) is 0 Å². The Balaban J connectivity index is 2.17. The molecule has 0 aliphatic heterocycles. The predicted molar refractivity (Wildman–Crippen MR) is 42.2 cm³/mol. The Labute approximate surface area is 63.0 Å². The first kappa shape index (κ1) is 6.28. The second-order valence-corrected chi connectivity index (χ2v) is 3.67. The maximum absolute atomic E-state index is 5.51. The van der Waals surface area contributed by atoms with Crippen LogP contribution in [0.25, 0.3) is 0 Å². The molecule has 53 valence electrons. The lowest BCUT2D eigenvalue weighted by atomic mass is 9.61. The molecule has 0 saturated heterocycles. The van der Waals surface area contributed by atoms with Gasteiger partial charge in [0.2, 0.25) is 0 Å². The van der Waals surface area contributed by atoms with Crippen LogP contribution in [-0.2, 0) is 0 Å². The molecule has 0 spiro atoms. The van der Waals surface area contributed by atoms with E-state index >= 15 is 0 Å². The summed E-state index contributed by atoms with van der Waals surface area (Å²) in [5, 5.41) is 0. The van der Waals surface area contributed by atoms with Gasteiger partial charge in [0.25, 0.3) is 0 Å². The molecular formula is C10H13. The van der Waals surface area contributed by atoms with Gasteiger partial charge in [-0.2, -0.15) is 0 Å². The third-order valence-corrected chi connectivity index (χ3v) is 3.18. The molecule has 0 unspecified atom stereocenters. The van der Waals surface area contributed by atoms with Gasteiger partial charge in [0, 0.05) is 5.41 Å². The van der Waals surface area contributed by atoms with E-state index < -0.39 is 0 Å². The van der Waals surface area contributed by atoms with Gasteiger partial charge in [-0.3, -0.25) is 0 Å². The fourth-order valence-electron chi connectivity index (χ4n) is 2.21. The molecule has 0 aromatic carbocycles. The van der Waals surface area contributed by atoms with E-state index in [4.69, 9.17) is 6.42 Å². The molecular weight excluding hydrogens is 120 g/mol. The van der Waals surface area contributed by atoms with Crippen molar-refractivity contribution in [2.24, 2.45) is 5.41 Å². The van der Waals surface area contributed by atoms with Crippen LogP contribution in [0.3, 0.4) is 0 Å². The van der Waals surface area contributed by atoms with Crippen LogP contribution in [0.5, 0.6) is 0 Å². The molecule has 0 aromatic rings. The minimum atomic E-state index is 0.335. The number of hydrogen-bond acceptors (Lipinski definition) is 0. The molecule has 0 atom stereocenters. The van der Waals surface area contributed by atoms with Crippen LogP contribution in [-0.4, -0.2) is 0 Å². The van der Waals surface area contributed by atoms with Gasteiger partial charge < -0.3 is 0 Å². The molecule has 2 bridgehead atoms. The molecule has 3 fully saturated rings. The molecule has 0 nitrogen and oxygen atoms in total. The van der Waals surface area contributed by atoms with E-state index in [1.54, 1.807) is 5.92 Å². The second-order valence-electron chi connectivity index (χ2n) is 3.67. The molecule has 0 aromatic heterocycles. The van der Waals surface area contributed by atoms with Crippen LogP contribution in [0.1, 0.15) is 38.5 Å². The zero-order valence-corrected chi connectivity index (χ0v) is 6.32. The van der Waals surface area contributed by atoms with E-state index in [9.17, 15) is 0 Å². The van der Waals surface area contributed by atoms with E-state index in [0.717, 1.165) is 0 Å². The van der Waals surface area contributed by atoms with E-state index in [0.29, 0.717) is 5.41 Å². The van der Waals surface area contributed by atoms with Crippen LogP contribution < -0.4 is 0 Å². The summed E-state index contributed by atoms with van der Waals surface area (Å²) in [5.74, 6) is 4.77. The van der Waals surface area contributed by atoms with E-state index in [-0.39, 0.29) is 0 Å². The summed E-state index contributed by atoms with van der Waals surface area (Å²) < 4.78 is 0. The van der Waals surface area contributed by atoms with Crippen molar-refractivity contribution >= 4 is 0 Å². The van der Waals surface area contributed by atoms with Crippen molar-refractivity contribution in [2.45, 2.75) is 38.5 Å². The molecule has 3 aliphatic carbocycles. The standard InChI is InChI=1S/C10H13/c1-2-10-6-3-9(4-7-10)5-8-10/h1H,3-8H2. The average molecular weight is 133 g/mol. The monoisotopic (exact) mass is 133 g/mol. The first-order valence-electron chi connectivity index (χ1n) is 4.16. The van der Waals surface area contributed by atoms with Crippen molar-refractivity contribution < 1.29 is 0 Å². The average Bonchev–Trinajstić information content (AvgIpc) is 2.08. The van der Waals surface area contributed by atoms with Gasteiger partial charge in [0.05, 0.1) is 0 Å². The Bertz CT molecular complexity index is 151. The Morgan fingerprint density at radius 1 is 1.10 bits per heavy atom. The molecule has 0 amide bonds. The van der Waals surface area contributed by atoms with Crippen molar-refractivity contribution in [3.8, 4) is 12.3 Å². The molecule has 0 heterocycles. The van der Waals surface area contributed by atoms with Crippen LogP contribution in [0.15, 0.2) is 0 Å². The molecule has 3 aliphatic rings.